The topological polar surface area (TPSA) is 33.6 Å². The molecule has 2 rings (SSSR count). The molecular formula is C13H16ClN3S. The van der Waals surface area contributed by atoms with Crippen LogP contribution in [0.2, 0.25) is 5.02 Å². The lowest BCUT2D eigenvalue weighted by atomic mass is 10.1. The number of hydrogen-bond donors (Lipinski definition) is 1. The molecule has 3 nitrogen and oxygen atoms in total. The van der Waals surface area contributed by atoms with Gasteiger partial charge in [0.2, 0.25) is 0 Å². The molecular weight excluding hydrogens is 266 g/mol. The number of nitrogens with zero attached hydrogens (tertiary/aromatic N) is 2. The highest BCUT2D eigenvalue weighted by Crippen LogP contribution is 2.26. The standard InChI is InChI=1S/C13H16ClN3S/c1-3-6-12-15-16-13(18)17(12)9(2)10-7-4-5-8-11(10)14/h4-5,7-9H,3,6H2,1-2H3,(H,16,18). The molecule has 0 spiro atoms. The van der Waals surface area contributed by atoms with Crippen LogP contribution in [0.4, 0.5) is 0 Å². The molecule has 0 aliphatic heterocycles. The van der Waals surface area contributed by atoms with Gasteiger partial charge in [-0.1, -0.05) is 36.7 Å². The van der Waals surface area contributed by atoms with Gasteiger partial charge in [-0.15, -0.1) is 0 Å². The van der Waals surface area contributed by atoms with Crippen molar-refractivity contribution >= 4 is 23.8 Å². The lowest BCUT2D eigenvalue weighted by Crippen LogP contribution is -2.11. The molecule has 18 heavy (non-hydrogen) atoms. The van der Waals surface area contributed by atoms with Gasteiger partial charge >= 0.3 is 0 Å². The predicted molar refractivity (Wildman–Crippen MR) is 76.7 cm³/mol. The molecule has 0 saturated heterocycles. The van der Waals surface area contributed by atoms with Crippen molar-refractivity contribution in [3.05, 3.63) is 45.4 Å². The Labute approximate surface area is 117 Å². The number of nitrogens with one attached hydrogen (secondary N) is 1. The average molecular weight is 282 g/mol. The summed E-state index contributed by atoms with van der Waals surface area (Å²) < 4.78 is 2.69. The molecule has 0 saturated carbocycles. The molecule has 5 heteroatoms. The summed E-state index contributed by atoms with van der Waals surface area (Å²) in [6.45, 7) is 4.22. The minimum atomic E-state index is 0.0894. The third-order valence-electron chi connectivity index (χ3n) is 2.99. The largest absolute Gasteiger partial charge is 0.297 e. The third kappa shape index (κ3) is 2.49. The SMILES string of the molecule is CCCc1n[nH]c(=S)n1C(C)c1ccccc1Cl. The fraction of sp³-hybridized carbons (Fsp3) is 0.385. The van der Waals surface area contributed by atoms with Crippen molar-refractivity contribution in [2.75, 3.05) is 0 Å². The van der Waals surface area contributed by atoms with Crippen LogP contribution in [0.3, 0.4) is 0 Å². The second-order valence-corrected chi connectivity index (χ2v) is 5.06. The lowest BCUT2D eigenvalue weighted by Gasteiger charge is -2.17. The Kier molecular flexibility index (Phi) is 4.19. The lowest BCUT2D eigenvalue weighted by molar-refractivity contribution is 0.590. The maximum Gasteiger partial charge on any atom is 0.195 e. The quantitative estimate of drug-likeness (QED) is 0.854. The molecule has 0 fully saturated rings. The number of H-pyrrole nitrogens is 1. The minimum Gasteiger partial charge on any atom is -0.297 e. The van der Waals surface area contributed by atoms with Crippen molar-refractivity contribution in [2.45, 2.75) is 32.7 Å². The van der Waals surface area contributed by atoms with E-state index in [0.29, 0.717) is 4.77 Å². The first-order chi connectivity index (χ1) is 8.65. The maximum atomic E-state index is 6.24. The van der Waals surface area contributed by atoms with E-state index in [2.05, 4.69) is 24.0 Å². The van der Waals surface area contributed by atoms with Crippen LogP contribution in [0.25, 0.3) is 0 Å². The van der Waals surface area contributed by atoms with Crippen LogP contribution >= 0.6 is 23.8 Å². The molecule has 96 valence electrons. The summed E-state index contributed by atoms with van der Waals surface area (Å²) in [7, 11) is 0. The summed E-state index contributed by atoms with van der Waals surface area (Å²) in [5.41, 5.74) is 1.06. The summed E-state index contributed by atoms with van der Waals surface area (Å²) >= 11 is 11.5. The van der Waals surface area contributed by atoms with Crippen molar-refractivity contribution in [1.82, 2.24) is 14.8 Å². The maximum absolute atomic E-state index is 6.24. The number of hydrogen-bond acceptors (Lipinski definition) is 2. The van der Waals surface area contributed by atoms with Crippen LogP contribution in [0, 0.1) is 4.77 Å². The van der Waals surface area contributed by atoms with Crippen LogP contribution in [-0.2, 0) is 6.42 Å². The van der Waals surface area contributed by atoms with E-state index in [1.807, 2.05) is 28.8 Å². The molecule has 1 aromatic heterocycles. The van der Waals surface area contributed by atoms with Crippen LogP contribution in [0.5, 0.6) is 0 Å². The molecule has 0 bridgehead atoms. The van der Waals surface area contributed by atoms with Gasteiger partial charge in [0.05, 0.1) is 6.04 Å². The van der Waals surface area contributed by atoms with E-state index in [0.717, 1.165) is 29.3 Å². The Morgan fingerprint density at radius 3 is 2.83 bits per heavy atom. The Bertz CT molecular complexity index is 588. The van der Waals surface area contributed by atoms with E-state index in [1.54, 1.807) is 0 Å². The highest BCUT2D eigenvalue weighted by atomic mass is 35.5. The fourth-order valence-electron chi connectivity index (χ4n) is 2.09. The highest BCUT2D eigenvalue weighted by molar-refractivity contribution is 7.71. The Hall–Kier alpha value is -1.13. The number of aromatic nitrogens is 3. The first-order valence-corrected chi connectivity index (χ1v) is 6.84. The smallest absolute Gasteiger partial charge is 0.195 e. The van der Waals surface area contributed by atoms with E-state index in [9.17, 15) is 0 Å². The van der Waals surface area contributed by atoms with Crippen LogP contribution in [0.15, 0.2) is 24.3 Å². The van der Waals surface area contributed by atoms with Gasteiger partial charge in [0.15, 0.2) is 4.77 Å². The van der Waals surface area contributed by atoms with Crippen LogP contribution in [0.1, 0.15) is 37.7 Å². The van der Waals surface area contributed by atoms with Crippen LogP contribution in [-0.4, -0.2) is 14.8 Å². The summed E-state index contributed by atoms with van der Waals surface area (Å²) in [6.07, 6.45) is 1.94. The Morgan fingerprint density at radius 1 is 1.44 bits per heavy atom. The van der Waals surface area contributed by atoms with Gasteiger partial charge in [-0.25, -0.2) is 0 Å². The van der Waals surface area contributed by atoms with E-state index >= 15 is 0 Å². The van der Waals surface area contributed by atoms with Gasteiger partial charge in [0.25, 0.3) is 0 Å². The van der Waals surface area contributed by atoms with Crippen molar-refractivity contribution in [2.24, 2.45) is 0 Å². The normalized spacial score (nSPS) is 12.6. The van der Waals surface area contributed by atoms with Gasteiger partial charge in [0.1, 0.15) is 5.82 Å². The second kappa shape index (κ2) is 5.67. The summed E-state index contributed by atoms with van der Waals surface area (Å²) in [5, 5.41) is 7.91. The number of aryl methyl sites for hydroxylation is 1. The summed E-state index contributed by atoms with van der Waals surface area (Å²) in [5.74, 6) is 0.981. The zero-order valence-corrected chi connectivity index (χ0v) is 12.1. The first kappa shape index (κ1) is 13.3. The molecule has 1 unspecified atom stereocenters. The van der Waals surface area contributed by atoms with Gasteiger partial charge in [-0.3, -0.25) is 9.67 Å². The van der Waals surface area contributed by atoms with Crippen molar-refractivity contribution in [1.29, 1.82) is 0 Å². The fourth-order valence-corrected chi connectivity index (χ4v) is 2.69. The van der Waals surface area contributed by atoms with Gasteiger partial charge < -0.3 is 0 Å². The first-order valence-electron chi connectivity index (χ1n) is 6.05. The van der Waals surface area contributed by atoms with Crippen molar-refractivity contribution < 1.29 is 0 Å². The van der Waals surface area contributed by atoms with Gasteiger partial charge in [-0.2, -0.15) is 5.10 Å². The van der Waals surface area contributed by atoms with E-state index in [4.69, 9.17) is 23.8 Å². The van der Waals surface area contributed by atoms with E-state index in [1.165, 1.54) is 0 Å². The van der Waals surface area contributed by atoms with E-state index in [-0.39, 0.29) is 6.04 Å². The van der Waals surface area contributed by atoms with Gasteiger partial charge in [-0.05, 0) is 37.2 Å². The average Bonchev–Trinajstić information content (AvgIpc) is 2.71. The summed E-state index contributed by atoms with van der Waals surface area (Å²) in [4.78, 5) is 0. The Balaban J connectivity index is 2.46. The molecule has 1 heterocycles. The zero-order chi connectivity index (χ0) is 13.1. The zero-order valence-electron chi connectivity index (χ0n) is 10.5. The van der Waals surface area contributed by atoms with Gasteiger partial charge in [0, 0.05) is 11.4 Å². The number of rotatable bonds is 4. The minimum absolute atomic E-state index is 0.0894. The highest BCUT2D eigenvalue weighted by Gasteiger charge is 2.16. The molecule has 1 aromatic carbocycles. The third-order valence-corrected chi connectivity index (χ3v) is 3.63. The molecule has 0 aliphatic rings. The Morgan fingerprint density at radius 2 is 2.17 bits per heavy atom. The van der Waals surface area contributed by atoms with Crippen molar-refractivity contribution in [3.63, 3.8) is 0 Å². The molecule has 0 aliphatic carbocycles. The van der Waals surface area contributed by atoms with Crippen LogP contribution < -0.4 is 0 Å². The monoisotopic (exact) mass is 281 g/mol. The number of benzene rings is 1. The second-order valence-electron chi connectivity index (χ2n) is 4.26. The molecule has 1 atom stereocenters. The number of aromatic amines is 1. The van der Waals surface area contributed by atoms with Crippen molar-refractivity contribution in [3.8, 4) is 0 Å². The molecule has 0 amide bonds. The predicted octanol–water partition coefficient (Wildman–Crippen LogP) is 4.16. The molecule has 2 aromatic rings. The number of halogens is 1. The van der Waals surface area contributed by atoms with E-state index < -0.39 is 0 Å². The molecule has 1 N–H and O–H groups in total. The molecule has 0 radical (unpaired) electrons. The summed E-state index contributed by atoms with van der Waals surface area (Å²) in [6, 6.07) is 7.93.